The first-order valence-corrected chi connectivity index (χ1v) is 9.53. The summed E-state index contributed by atoms with van der Waals surface area (Å²) in [5.41, 5.74) is 1.23. The highest BCUT2D eigenvalue weighted by molar-refractivity contribution is 7.09. The van der Waals surface area contributed by atoms with Crippen molar-refractivity contribution >= 4 is 23.1 Å². The van der Waals surface area contributed by atoms with Gasteiger partial charge in [0.1, 0.15) is 11.5 Å². The van der Waals surface area contributed by atoms with Crippen molar-refractivity contribution in [2.45, 2.75) is 32.7 Å². The Morgan fingerprint density at radius 1 is 1.27 bits per heavy atom. The molecule has 26 heavy (non-hydrogen) atoms. The van der Waals surface area contributed by atoms with Crippen molar-refractivity contribution < 1.29 is 4.79 Å². The molecule has 132 valence electrons. The SMILES string of the molecule is Cc1cc(C(=O)N(Cc2cccs2)c2cccnn2)nc(CC2CC2)n1. The van der Waals surface area contributed by atoms with Crippen LogP contribution in [0.1, 0.15) is 39.7 Å². The number of hydrogen-bond donors (Lipinski definition) is 0. The number of rotatable bonds is 6. The normalized spacial score (nSPS) is 13.6. The van der Waals surface area contributed by atoms with Gasteiger partial charge in [-0.15, -0.1) is 16.4 Å². The van der Waals surface area contributed by atoms with Gasteiger partial charge in [-0.3, -0.25) is 9.69 Å². The van der Waals surface area contributed by atoms with Gasteiger partial charge in [-0.05, 0) is 55.3 Å². The third-order valence-electron chi connectivity index (χ3n) is 4.26. The Bertz CT molecular complexity index is 894. The van der Waals surface area contributed by atoms with Gasteiger partial charge < -0.3 is 0 Å². The Hall–Kier alpha value is -2.67. The molecule has 3 aromatic heterocycles. The average molecular weight is 365 g/mol. The fourth-order valence-electron chi connectivity index (χ4n) is 2.80. The summed E-state index contributed by atoms with van der Waals surface area (Å²) in [7, 11) is 0. The Labute approximate surface area is 156 Å². The molecule has 0 aliphatic heterocycles. The largest absolute Gasteiger partial charge is 0.285 e. The lowest BCUT2D eigenvalue weighted by atomic mass is 10.2. The molecule has 3 aromatic rings. The molecule has 3 heterocycles. The first kappa shape index (κ1) is 16.8. The number of carbonyl (C=O) groups excluding carboxylic acids is 1. The van der Waals surface area contributed by atoms with Gasteiger partial charge in [0.05, 0.1) is 6.54 Å². The fourth-order valence-corrected chi connectivity index (χ4v) is 3.49. The van der Waals surface area contributed by atoms with E-state index in [1.54, 1.807) is 40.6 Å². The van der Waals surface area contributed by atoms with E-state index in [2.05, 4.69) is 20.2 Å². The van der Waals surface area contributed by atoms with Crippen LogP contribution < -0.4 is 4.90 Å². The number of amides is 1. The average Bonchev–Trinajstić information content (AvgIpc) is 3.31. The maximum atomic E-state index is 13.2. The maximum Gasteiger partial charge on any atom is 0.278 e. The number of aromatic nitrogens is 4. The van der Waals surface area contributed by atoms with Crippen LogP contribution in [0, 0.1) is 12.8 Å². The van der Waals surface area contributed by atoms with Gasteiger partial charge in [0.15, 0.2) is 5.82 Å². The maximum absolute atomic E-state index is 13.2. The molecule has 1 amide bonds. The second kappa shape index (κ2) is 7.29. The molecule has 4 rings (SSSR count). The highest BCUT2D eigenvalue weighted by atomic mass is 32.1. The van der Waals surface area contributed by atoms with Crippen LogP contribution in [0.5, 0.6) is 0 Å². The summed E-state index contributed by atoms with van der Waals surface area (Å²) in [6, 6.07) is 9.29. The van der Waals surface area contributed by atoms with E-state index in [1.165, 1.54) is 12.8 Å². The molecule has 0 spiro atoms. The second-order valence-electron chi connectivity index (χ2n) is 6.51. The van der Waals surface area contributed by atoms with Gasteiger partial charge in [0.25, 0.3) is 5.91 Å². The Kier molecular flexibility index (Phi) is 4.71. The van der Waals surface area contributed by atoms with Gasteiger partial charge >= 0.3 is 0 Å². The lowest BCUT2D eigenvalue weighted by Gasteiger charge is -2.20. The van der Waals surface area contributed by atoms with Crippen LogP contribution in [-0.2, 0) is 13.0 Å². The first-order chi connectivity index (χ1) is 12.7. The predicted octanol–water partition coefficient (Wildman–Crippen LogP) is 3.44. The highest BCUT2D eigenvalue weighted by Crippen LogP contribution is 2.31. The molecule has 6 nitrogen and oxygen atoms in total. The van der Waals surface area contributed by atoms with E-state index in [4.69, 9.17) is 0 Å². The molecule has 0 radical (unpaired) electrons. The van der Waals surface area contributed by atoms with Gasteiger partial charge in [-0.25, -0.2) is 9.97 Å². The zero-order valence-electron chi connectivity index (χ0n) is 14.5. The standard InChI is InChI=1S/C19H19N5OS/c1-13-10-16(22-17(21-13)11-14-6-7-14)19(25)24(12-15-4-3-9-26-15)18-5-2-8-20-23-18/h2-5,8-10,14H,6-7,11-12H2,1H3. The summed E-state index contributed by atoms with van der Waals surface area (Å²) < 4.78 is 0. The third-order valence-corrected chi connectivity index (χ3v) is 5.12. The number of carbonyl (C=O) groups is 1. The minimum absolute atomic E-state index is 0.179. The lowest BCUT2D eigenvalue weighted by Crippen LogP contribution is -2.32. The number of nitrogens with zero attached hydrogens (tertiary/aromatic N) is 5. The number of aryl methyl sites for hydroxylation is 1. The molecule has 0 aromatic carbocycles. The molecular formula is C19H19N5OS. The Morgan fingerprint density at radius 2 is 2.15 bits per heavy atom. The zero-order valence-corrected chi connectivity index (χ0v) is 15.3. The quantitative estimate of drug-likeness (QED) is 0.669. The first-order valence-electron chi connectivity index (χ1n) is 8.65. The van der Waals surface area contributed by atoms with Crippen LogP contribution in [0.3, 0.4) is 0 Å². The zero-order chi connectivity index (χ0) is 17.9. The molecule has 1 saturated carbocycles. The number of hydrogen-bond acceptors (Lipinski definition) is 6. The fraction of sp³-hybridized carbons (Fsp3) is 0.316. The van der Waals surface area contributed by atoms with E-state index < -0.39 is 0 Å². The number of anilines is 1. The second-order valence-corrected chi connectivity index (χ2v) is 7.54. The summed E-state index contributed by atoms with van der Waals surface area (Å²) in [6.07, 6.45) is 4.90. The van der Waals surface area contributed by atoms with E-state index in [9.17, 15) is 4.79 Å². The van der Waals surface area contributed by atoms with Crippen molar-refractivity contribution in [2.24, 2.45) is 5.92 Å². The smallest absolute Gasteiger partial charge is 0.278 e. The Balaban J connectivity index is 1.66. The minimum Gasteiger partial charge on any atom is -0.285 e. The van der Waals surface area contributed by atoms with Gasteiger partial charge in [0, 0.05) is 23.2 Å². The van der Waals surface area contributed by atoms with Crippen molar-refractivity contribution in [3.63, 3.8) is 0 Å². The molecule has 1 fully saturated rings. The molecule has 0 bridgehead atoms. The molecule has 1 aliphatic rings. The van der Waals surface area contributed by atoms with E-state index in [1.807, 2.05) is 24.4 Å². The third kappa shape index (κ3) is 3.94. The van der Waals surface area contributed by atoms with Crippen LogP contribution in [-0.4, -0.2) is 26.1 Å². The summed E-state index contributed by atoms with van der Waals surface area (Å²) in [6.45, 7) is 2.34. The topological polar surface area (TPSA) is 71.9 Å². The monoisotopic (exact) mass is 365 g/mol. The molecule has 1 aliphatic carbocycles. The summed E-state index contributed by atoms with van der Waals surface area (Å²) in [5.74, 6) is 1.76. The van der Waals surface area contributed by atoms with Gasteiger partial charge in [-0.1, -0.05) is 6.07 Å². The van der Waals surface area contributed by atoms with E-state index >= 15 is 0 Å². The van der Waals surface area contributed by atoms with Crippen LogP contribution >= 0.6 is 11.3 Å². The molecular weight excluding hydrogens is 346 g/mol. The van der Waals surface area contributed by atoms with E-state index in [0.29, 0.717) is 24.0 Å². The van der Waals surface area contributed by atoms with Crippen molar-refractivity contribution in [1.82, 2.24) is 20.2 Å². The predicted molar refractivity (Wildman–Crippen MR) is 100 cm³/mol. The number of thiophene rings is 1. The molecule has 7 heteroatoms. The van der Waals surface area contributed by atoms with Crippen molar-refractivity contribution in [1.29, 1.82) is 0 Å². The molecule has 0 N–H and O–H groups in total. The van der Waals surface area contributed by atoms with Crippen LogP contribution in [0.4, 0.5) is 5.82 Å². The minimum atomic E-state index is -0.179. The van der Waals surface area contributed by atoms with Crippen LogP contribution in [0.15, 0.2) is 41.9 Å². The van der Waals surface area contributed by atoms with Crippen LogP contribution in [0.25, 0.3) is 0 Å². The van der Waals surface area contributed by atoms with Gasteiger partial charge in [0.2, 0.25) is 0 Å². The van der Waals surface area contributed by atoms with Crippen molar-refractivity contribution in [2.75, 3.05) is 4.90 Å². The summed E-state index contributed by atoms with van der Waals surface area (Å²) >= 11 is 1.61. The summed E-state index contributed by atoms with van der Waals surface area (Å²) in [5, 5.41) is 10.0. The van der Waals surface area contributed by atoms with E-state index in [-0.39, 0.29) is 5.91 Å². The van der Waals surface area contributed by atoms with E-state index in [0.717, 1.165) is 22.8 Å². The molecule has 0 saturated heterocycles. The highest BCUT2D eigenvalue weighted by Gasteiger charge is 2.25. The van der Waals surface area contributed by atoms with Crippen molar-refractivity contribution in [3.05, 3.63) is 64.0 Å². The van der Waals surface area contributed by atoms with Crippen LogP contribution in [0.2, 0.25) is 0 Å². The lowest BCUT2D eigenvalue weighted by molar-refractivity contribution is 0.0979. The van der Waals surface area contributed by atoms with Gasteiger partial charge in [-0.2, -0.15) is 5.10 Å². The molecule has 0 atom stereocenters. The summed E-state index contributed by atoms with van der Waals surface area (Å²) in [4.78, 5) is 25.0. The van der Waals surface area contributed by atoms with Crippen molar-refractivity contribution in [3.8, 4) is 0 Å². The molecule has 0 unspecified atom stereocenters. The Morgan fingerprint density at radius 3 is 2.85 bits per heavy atom.